The molecule has 1 aromatic rings. The zero-order valence-corrected chi connectivity index (χ0v) is 8.16. The Morgan fingerprint density at radius 3 is 3.00 bits per heavy atom. The van der Waals surface area contributed by atoms with Crippen molar-refractivity contribution in [2.75, 3.05) is 20.3 Å². The Hall–Kier alpha value is -0.930. The molecule has 0 unspecified atom stereocenters. The number of hydrogen-bond acceptors (Lipinski definition) is 3. The first kappa shape index (κ1) is 10.2. The molecule has 0 radical (unpaired) electrons. The Labute approximate surface area is 79.1 Å². The molecule has 13 heavy (non-hydrogen) atoms. The third-order valence-electron chi connectivity index (χ3n) is 1.89. The molecule has 0 aromatic carbocycles. The summed E-state index contributed by atoms with van der Waals surface area (Å²) in [5.74, 6) is 0. The Kier molecular flexibility index (Phi) is 4.43. The summed E-state index contributed by atoms with van der Waals surface area (Å²) in [5, 5.41) is 3.31. The van der Waals surface area contributed by atoms with Crippen LogP contribution in [-0.4, -0.2) is 25.2 Å². The number of hydrogen-bond donors (Lipinski definition) is 1. The second kappa shape index (κ2) is 5.67. The van der Waals surface area contributed by atoms with Gasteiger partial charge in [0.05, 0.1) is 12.3 Å². The van der Waals surface area contributed by atoms with E-state index in [9.17, 15) is 0 Å². The van der Waals surface area contributed by atoms with Crippen LogP contribution in [0.4, 0.5) is 0 Å². The monoisotopic (exact) mass is 180 g/mol. The highest BCUT2D eigenvalue weighted by Gasteiger charge is 2.03. The molecule has 0 aliphatic rings. The first-order valence-corrected chi connectivity index (χ1v) is 4.48. The van der Waals surface area contributed by atoms with Crippen molar-refractivity contribution in [2.24, 2.45) is 0 Å². The van der Waals surface area contributed by atoms with Gasteiger partial charge in [-0.3, -0.25) is 4.98 Å². The second-order valence-corrected chi connectivity index (χ2v) is 2.92. The molecular formula is C10H16N2O. The molecule has 72 valence electrons. The van der Waals surface area contributed by atoms with Gasteiger partial charge in [0, 0.05) is 25.9 Å². The zero-order valence-electron chi connectivity index (χ0n) is 8.16. The molecule has 0 bridgehead atoms. The highest BCUT2D eigenvalue weighted by atomic mass is 16.5. The van der Waals surface area contributed by atoms with E-state index in [0.717, 1.165) is 18.8 Å². The third kappa shape index (κ3) is 3.53. The first-order valence-electron chi connectivity index (χ1n) is 4.48. The number of nitrogens with one attached hydrogen (secondary N) is 1. The molecule has 1 N–H and O–H groups in total. The van der Waals surface area contributed by atoms with Crippen LogP contribution in [0.3, 0.4) is 0 Å². The number of aromatic nitrogens is 1. The number of methoxy groups -OCH3 is 1. The number of pyridine rings is 1. The Morgan fingerprint density at radius 1 is 1.54 bits per heavy atom. The quantitative estimate of drug-likeness (QED) is 0.695. The number of ether oxygens (including phenoxy) is 1. The van der Waals surface area contributed by atoms with Crippen LogP contribution in [0.2, 0.25) is 0 Å². The predicted molar refractivity (Wildman–Crippen MR) is 52.5 cm³/mol. The minimum atomic E-state index is 0.288. The number of nitrogens with zero attached hydrogens (tertiary/aromatic N) is 1. The maximum Gasteiger partial charge on any atom is 0.0587 e. The van der Waals surface area contributed by atoms with E-state index in [-0.39, 0.29) is 6.04 Å². The first-order chi connectivity index (χ1) is 6.34. The van der Waals surface area contributed by atoms with Crippen molar-refractivity contribution in [3.8, 4) is 0 Å². The van der Waals surface area contributed by atoms with E-state index >= 15 is 0 Å². The van der Waals surface area contributed by atoms with E-state index in [4.69, 9.17) is 4.74 Å². The van der Waals surface area contributed by atoms with E-state index in [0.29, 0.717) is 0 Å². The maximum atomic E-state index is 4.95. The van der Waals surface area contributed by atoms with E-state index < -0.39 is 0 Å². The Bertz CT molecular complexity index is 226. The summed E-state index contributed by atoms with van der Waals surface area (Å²) >= 11 is 0. The fraction of sp³-hybridized carbons (Fsp3) is 0.500. The fourth-order valence-electron chi connectivity index (χ4n) is 1.11. The van der Waals surface area contributed by atoms with Crippen LogP contribution in [0.5, 0.6) is 0 Å². The lowest BCUT2D eigenvalue weighted by atomic mass is 10.2. The molecular weight excluding hydrogens is 164 g/mol. The standard InChI is InChI=1S/C10H16N2O/c1-9(11-7-8-13-2)10-5-3-4-6-12-10/h3-6,9,11H,7-8H2,1-2H3/t9-/m1/s1. The average Bonchev–Trinajstić information content (AvgIpc) is 2.19. The van der Waals surface area contributed by atoms with Crippen LogP contribution in [0.1, 0.15) is 18.7 Å². The van der Waals surface area contributed by atoms with Crippen LogP contribution in [-0.2, 0) is 4.74 Å². The average molecular weight is 180 g/mol. The molecule has 0 saturated carbocycles. The molecule has 1 heterocycles. The Morgan fingerprint density at radius 2 is 2.38 bits per heavy atom. The summed E-state index contributed by atoms with van der Waals surface area (Å²) in [4.78, 5) is 4.25. The molecule has 1 rings (SSSR count). The third-order valence-corrected chi connectivity index (χ3v) is 1.89. The molecule has 0 amide bonds. The van der Waals surface area contributed by atoms with Crippen LogP contribution >= 0.6 is 0 Å². The smallest absolute Gasteiger partial charge is 0.0587 e. The SMILES string of the molecule is COCCN[C@H](C)c1ccccn1. The summed E-state index contributed by atoms with van der Waals surface area (Å²) in [6.07, 6.45) is 1.81. The van der Waals surface area contributed by atoms with Crippen LogP contribution < -0.4 is 5.32 Å². The van der Waals surface area contributed by atoms with Gasteiger partial charge in [-0.15, -0.1) is 0 Å². The van der Waals surface area contributed by atoms with Gasteiger partial charge in [-0.2, -0.15) is 0 Å². The molecule has 1 aromatic heterocycles. The molecule has 3 heteroatoms. The van der Waals surface area contributed by atoms with Crippen LogP contribution in [0.25, 0.3) is 0 Å². The highest BCUT2D eigenvalue weighted by Crippen LogP contribution is 2.06. The van der Waals surface area contributed by atoms with E-state index in [1.54, 1.807) is 7.11 Å². The molecule has 0 aliphatic carbocycles. The van der Waals surface area contributed by atoms with Crippen LogP contribution in [0, 0.1) is 0 Å². The minimum Gasteiger partial charge on any atom is -0.383 e. The van der Waals surface area contributed by atoms with Crippen molar-refractivity contribution in [3.05, 3.63) is 30.1 Å². The summed E-state index contributed by atoms with van der Waals surface area (Å²) in [5.41, 5.74) is 1.07. The van der Waals surface area contributed by atoms with Gasteiger partial charge in [0.2, 0.25) is 0 Å². The molecule has 0 fully saturated rings. The van der Waals surface area contributed by atoms with Crippen molar-refractivity contribution in [3.63, 3.8) is 0 Å². The molecule has 0 spiro atoms. The van der Waals surface area contributed by atoms with Crippen molar-refractivity contribution >= 4 is 0 Å². The van der Waals surface area contributed by atoms with Crippen molar-refractivity contribution in [1.82, 2.24) is 10.3 Å². The van der Waals surface area contributed by atoms with Gasteiger partial charge >= 0.3 is 0 Å². The summed E-state index contributed by atoms with van der Waals surface area (Å²) in [6.45, 7) is 3.68. The maximum absolute atomic E-state index is 4.95. The summed E-state index contributed by atoms with van der Waals surface area (Å²) in [6, 6.07) is 6.23. The van der Waals surface area contributed by atoms with Gasteiger partial charge in [-0.25, -0.2) is 0 Å². The predicted octanol–water partition coefficient (Wildman–Crippen LogP) is 1.38. The lowest BCUT2D eigenvalue weighted by Gasteiger charge is -2.12. The van der Waals surface area contributed by atoms with E-state index in [2.05, 4.69) is 17.2 Å². The highest BCUT2D eigenvalue weighted by molar-refractivity contribution is 5.07. The van der Waals surface area contributed by atoms with Crippen LogP contribution in [0.15, 0.2) is 24.4 Å². The second-order valence-electron chi connectivity index (χ2n) is 2.92. The molecule has 0 saturated heterocycles. The van der Waals surface area contributed by atoms with Gasteiger partial charge in [-0.1, -0.05) is 6.07 Å². The van der Waals surface area contributed by atoms with Gasteiger partial charge in [0.1, 0.15) is 0 Å². The fourth-order valence-corrected chi connectivity index (χ4v) is 1.11. The van der Waals surface area contributed by atoms with Gasteiger partial charge in [0.25, 0.3) is 0 Å². The minimum absolute atomic E-state index is 0.288. The zero-order chi connectivity index (χ0) is 9.52. The molecule has 1 atom stereocenters. The molecule has 3 nitrogen and oxygen atoms in total. The largest absolute Gasteiger partial charge is 0.383 e. The lowest BCUT2D eigenvalue weighted by Crippen LogP contribution is -2.23. The summed E-state index contributed by atoms with van der Waals surface area (Å²) in [7, 11) is 1.70. The normalized spacial score (nSPS) is 12.8. The Balaban J connectivity index is 2.35. The van der Waals surface area contributed by atoms with E-state index in [1.165, 1.54) is 0 Å². The molecule has 0 aliphatic heterocycles. The van der Waals surface area contributed by atoms with Crippen molar-refractivity contribution in [1.29, 1.82) is 0 Å². The summed E-state index contributed by atoms with van der Waals surface area (Å²) < 4.78 is 4.95. The number of rotatable bonds is 5. The van der Waals surface area contributed by atoms with Gasteiger partial charge < -0.3 is 10.1 Å². The van der Waals surface area contributed by atoms with Crippen molar-refractivity contribution < 1.29 is 4.74 Å². The van der Waals surface area contributed by atoms with Gasteiger partial charge in [0.15, 0.2) is 0 Å². The van der Waals surface area contributed by atoms with Gasteiger partial charge in [-0.05, 0) is 19.1 Å². The lowest BCUT2D eigenvalue weighted by molar-refractivity contribution is 0.196. The topological polar surface area (TPSA) is 34.1 Å². The van der Waals surface area contributed by atoms with Crippen molar-refractivity contribution in [2.45, 2.75) is 13.0 Å². The van der Waals surface area contributed by atoms with E-state index in [1.807, 2.05) is 24.4 Å².